The minimum absolute atomic E-state index is 0.0433. The predicted molar refractivity (Wildman–Crippen MR) is 161 cm³/mol. The molecule has 9 nitrogen and oxygen atoms in total. The number of halogens is 1. The lowest BCUT2D eigenvalue weighted by Gasteiger charge is -2.28. The van der Waals surface area contributed by atoms with E-state index in [9.17, 15) is 14.4 Å². The number of rotatable bonds is 8. The van der Waals surface area contributed by atoms with Crippen molar-refractivity contribution in [3.8, 4) is 0 Å². The number of nitrogens with zero attached hydrogens (tertiary/aromatic N) is 6. The molecule has 4 heterocycles. The molecule has 10 heteroatoms. The number of aromatic nitrogens is 2. The van der Waals surface area contributed by atoms with E-state index in [-0.39, 0.29) is 29.6 Å². The molecular weight excluding hydrogens is 552 g/mol. The molecule has 1 aromatic carbocycles. The number of carbonyl (C=O) groups is 3. The van der Waals surface area contributed by atoms with Gasteiger partial charge < -0.3 is 19.6 Å². The van der Waals surface area contributed by atoms with Crippen LogP contribution in [-0.2, 0) is 9.59 Å². The van der Waals surface area contributed by atoms with Crippen LogP contribution in [-0.4, -0.2) is 94.7 Å². The molecule has 4 fully saturated rings. The second-order valence-corrected chi connectivity index (χ2v) is 13.1. The molecule has 0 spiro atoms. The minimum Gasteiger partial charge on any atom is -0.342 e. The molecule has 3 atom stereocenters. The number of hydrogen-bond donors (Lipinski definition) is 0. The summed E-state index contributed by atoms with van der Waals surface area (Å²) in [5.74, 6) is 1.27. The molecule has 0 bridgehead atoms. The van der Waals surface area contributed by atoms with Crippen LogP contribution in [0.3, 0.4) is 0 Å². The van der Waals surface area contributed by atoms with E-state index in [1.807, 2.05) is 53.7 Å². The predicted octanol–water partition coefficient (Wildman–Crippen LogP) is 3.74. The summed E-state index contributed by atoms with van der Waals surface area (Å²) in [5, 5.41) is 0.654. The topological polar surface area (TPSA) is 89.9 Å². The number of likely N-dealkylation sites (tertiary alicyclic amines) is 3. The third-order valence-electron chi connectivity index (χ3n) is 9.65. The Morgan fingerprint density at radius 2 is 1.60 bits per heavy atom. The maximum absolute atomic E-state index is 13.8. The molecule has 1 saturated carbocycles. The number of amides is 3. The van der Waals surface area contributed by atoms with E-state index in [2.05, 4.69) is 14.9 Å². The molecule has 3 saturated heterocycles. The molecule has 6 rings (SSSR count). The summed E-state index contributed by atoms with van der Waals surface area (Å²) in [6.45, 7) is 11.8. The Bertz CT molecular complexity index is 1350. The van der Waals surface area contributed by atoms with E-state index in [1.54, 1.807) is 0 Å². The summed E-state index contributed by atoms with van der Waals surface area (Å²) in [7, 11) is 0. The second-order valence-electron chi connectivity index (χ2n) is 12.7. The smallest absolute Gasteiger partial charge is 0.257 e. The first-order chi connectivity index (χ1) is 20.2. The Hall–Kier alpha value is -3.04. The Kier molecular flexibility index (Phi) is 8.24. The molecule has 1 aromatic heterocycles. The lowest BCUT2D eigenvalue weighted by atomic mass is 10.0. The molecule has 0 radical (unpaired) electrons. The number of aryl methyl sites for hydroxylation is 3. The van der Waals surface area contributed by atoms with Crippen molar-refractivity contribution in [3.63, 3.8) is 0 Å². The Balaban J connectivity index is 1.05. The van der Waals surface area contributed by atoms with Crippen molar-refractivity contribution in [2.45, 2.75) is 46.5 Å². The third kappa shape index (κ3) is 5.91. The summed E-state index contributed by atoms with van der Waals surface area (Å²) >= 11 is 6.48. The number of hydrogen-bond acceptors (Lipinski definition) is 6. The van der Waals surface area contributed by atoms with E-state index in [0.717, 1.165) is 74.6 Å². The van der Waals surface area contributed by atoms with Crippen LogP contribution in [0.2, 0.25) is 5.02 Å². The molecular formula is C32H41ClN6O3. The van der Waals surface area contributed by atoms with Crippen molar-refractivity contribution in [1.82, 2.24) is 24.7 Å². The second kappa shape index (κ2) is 11.9. The highest BCUT2D eigenvalue weighted by Gasteiger charge is 2.42. The SMILES string of the molecule is Cc1ccc(N(CCCN2CC3CN(C(=O)c4c(C)ncnc4C)CC3C2)C(=O)C2CCN(C(=O)C3CC3)C2)cc1Cl. The highest BCUT2D eigenvalue weighted by Crippen LogP contribution is 2.35. The molecule has 3 unspecified atom stereocenters. The highest BCUT2D eigenvalue weighted by atomic mass is 35.5. The largest absolute Gasteiger partial charge is 0.342 e. The molecule has 4 aliphatic rings. The van der Waals surface area contributed by atoms with Crippen molar-refractivity contribution in [3.05, 3.63) is 52.1 Å². The normalized spacial score (nSPS) is 23.9. The molecule has 3 amide bonds. The van der Waals surface area contributed by atoms with E-state index in [1.165, 1.54) is 6.33 Å². The van der Waals surface area contributed by atoms with Crippen molar-refractivity contribution >= 4 is 35.0 Å². The standard InChI is InChI=1S/C32H41ClN6O3/c1-20-5-8-27(13-28(20)33)39(31(41)24-9-12-37(16-24)30(40)23-6-7-23)11-4-10-36-14-25-17-38(18-26(25)15-36)32(42)29-21(2)34-19-35-22(29)3/h5,8,13,19,23-26H,4,6-7,9-12,14-18H2,1-3H3. The van der Waals surface area contributed by atoms with Gasteiger partial charge in [-0.2, -0.15) is 0 Å². The van der Waals surface area contributed by atoms with Crippen molar-refractivity contribution in [1.29, 1.82) is 0 Å². The average Bonchev–Trinajstić information content (AvgIpc) is 3.37. The Labute approximate surface area is 253 Å². The van der Waals surface area contributed by atoms with Gasteiger partial charge in [-0.15, -0.1) is 0 Å². The number of carbonyl (C=O) groups excluding carboxylic acids is 3. The first-order valence-corrected chi connectivity index (χ1v) is 15.7. The summed E-state index contributed by atoms with van der Waals surface area (Å²) in [5.41, 5.74) is 3.92. The highest BCUT2D eigenvalue weighted by molar-refractivity contribution is 6.31. The molecule has 1 aliphatic carbocycles. The fraction of sp³-hybridized carbons (Fsp3) is 0.594. The van der Waals surface area contributed by atoms with Crippen molar-refractivity contribution < 1.29 is 14.4 Å². The fourth-order valence-corrected chi connectivity index (χ4v) is 7.21. The van der Waals surface area contributed by atoms with Crippen LogP contribution in [0.1, 0.15) is 53.0 Å². The quantitative estimate of drug-likeness (QED) is 0.464. The first-order valence-electron chi connectivity index (χ1n) is 15.4. The van der Waals surface area contributed by atoms with Gasteiger partial charge in [0.2, 0.25) is 11.8 Å². The van der Waals surface area contributed by atoms with E-state index >= 15 is 0 Å². The van der Waals surface area contributed by atoms with Gasteiger partial charge in [-0.3, -0.25) is 14.4 Å². The van der Waals surface area contributed by atoms with Gasteiger partial charge in [-0.05, 0) is 82.5 Å². The number of benzene rings is 1. The number of fused-ring (bicyclic) bond motifs is 1. The van der Waals surface area contributed by atoms with Gasteiger partial charge in [0.25, 0.3) is 5.91 Å². The zero-order chi connectivity index (χ0) is 29.5. The zero-order valence-electron chi connectivity index (χ0n) is 24.9. The first kappa shape index (κ1) is 29.1. The maximum Gasteiger partial charge on any atom is 0.257 e. The Morgan fingerprint density at radius 3 is 2.24 bits per heavy atom. The lowest BCUT2D eigenvalue weighted by Crippen LogP contribution is -2.40. The van der Waals surface area contributed by atoms with Crippen molar-refractivity contribution in [2.75, 3.05) is 57.3 Å². The lowest BCUT2D eigenvalue weighted by molar-refractivity contribution is -0.131. The summed E-state index contributed by atoms with van der Waals surface area (Å²) in [4.78, 5) is 56.4. The van der Waals surface area contributed by atoms with Crippen LogP contribution in [0.5, 0.6) is 0 Å². The molecule has 224 valence electrons. The van der Waals surface area contributed by atoms with Crippen LogP contribution < -0.4 is 4.90 Å². The number of anilines is 1. The minimum atomic E-state index is -0.176. The summed E-state index contributed by atoms with van der Waals surface area (Å²) in [6.07, 6.45) is 5.03. The van der Waals surface area contributed by atoms with Gasteiger partial charge in [0.15, 0.2) is 0 Å². The van der Waals surface area contributed by atoms with E-state index in [4.69, 9.17) is 11.6 Å². The third-order valence-corrected chi connectivity index (χ3v) is 10.1. The van der Waals surface area contributed by atoms with E-state index < -0.39 is 0 Å². The van der Waals surface area contributed by atoms with Gasteiger partial charge in [-0.1, -0.05) is 17.7 Å². The monoisotopic (exact) mass is 592 g/mol. The van der Waals surface area contributed by atoms with Gasteiger partial charge in [0.1, 0.15) is 6.33 Å². The molecule has 0 N–H and O–H groups in total. The van der Waals surface area contributed by atoms with Gasteiger partial charge in [-0.25, -0.2) is 9.97 Å². The van der Waals surface area contributed by atoms with Crippen LogP contribution in [0.4, 0.5) is 5.69 Å². The van der Waals surface area contributed by atoms with Gasteiger partial charge >= 0.3 is 0 Å². The maximum atomic E-state index is 13.8. The van der Waals surface area contributed by atoms with Crippen LogP contribution >= 0.6 is 11.6 Å². The summed E-state index contributed by atoms with van der Waals surface area (Å²) in [6, 6.07) is 5.84. The van der Waals surface area contributed by atoms with Gasteiger partial charge in [0, 0.05) is 62.4 Å². The van der Waals surface area contributed by atoms with E-state index in [0.29, 0.717) is 48.5 Å². The van der Waals surface area contributed by atoms with Crippen molar-refractivity contribution in [2.24, 2.45) is 23.7 Å². The van der Waals surface area contributed by atoms with Crippen LogP contribution in [0, 0.1) is 44.4 Å². The fourth-order valence-electron chi connectivity index (χ4n) is 7.04. The molecule has 2 aromatic rings. The zero-order valence-corrected chi connectivity index (χ0v) is 25.6. The van der Waals surface area contributed by atoms with Gasteiger partial charge in [0.05, 0.1) is 22.9 Å². The average molecular weight is 593 g/mol. The molecule has 42 heavy (non-hydrogen) atoms. The van der Waals surface area contributed by atoms with Crippen LogP contribution in [0.15, 0.2) is 24.5 Å². The summed E-state index contributed by atoms with van der Waals surface area (Å²) < 4.78 is 0. The molecule has 3 aliphatic heterocycles. The Morgan fingerprint density at radius 1 is 0.905 bits per heavy atom. The van der Waals surface area contributed by atoms with Crippen LogP contribution in [0.25, 0.3) is 0 Å².